The fourth-order valence-corrected chi connectivity index (χ4v) is 1.88. The van der Waals surface area contributed by atoms with Crippen LogP contribution in [0, 0.1) is 0 Å². The van der Waals surface area contributed by atoms with E-state index < -0.39 is 0 Å². The van der Waals surface area contributed by atoms with Crippen molar-refractivity contribution in [3.05, 3.63) is 5.01 Å². The number of hydrogen-bond acceptors (Lipinski definition) is 6. The van der Waals surface area contributed by atoms with Gasteiger partial charge in [0.15, 0.2) is 0 Å². The summed E-state index contributed by atoms with van der Waals surface area (Å²) in [6.45, 7) is 3.55. The molecule has 1 aromatic heterocycles. The summed E-state index contributed by atoms with van der Waals surface area (Å²) in [5, 5.41) is 17.0. The zero-order valence-electron chi connectivity index (χ0n) is 11.9. The van der Waals surface area contributed by atoms with Crippen molar-refractivity contribution < 1.29 is 9.59 Å². The number of urea groups is 1. The maximum Gasteiger partial charge on any atom is 0.316 e. The van der Waals surface area contributed by atoms with Crippen molar-refractivity contribution in [2.24, 2.45) is 0 Å². The van der Waals surface area contributed by atoms with E-state index in [0.29, 0.717) is 23.2 Å². The molecule has 1 heterocycles. The van der Waals surface area contributed by atoms with Crippen LogP contribution in [0.1, 0.15) is 23.1 Å². The Hall–Kier alpha value is -1.90. The maximum atomic E-state index is 11.8. The van der Waals surface area contributed by atoms with E-state index in [1.54, 1.807) is 14.1 Å². The molecule has 0 aliphatic carbocycles. The summed E-state index contributed by atoms with van der Waals surface area (Å²) < 4.78 is 0. The zero-order valence-corrected chi connectivity index (χ0v) is 12.7. The molecular formula is C11H20N6O2S. The Kier molecular flexibility index (Phi) is 6.71. The number of hydrogen-bond donors (Lipinski definition) is 3. The standard InChI is InChI=1S/C11H20N6O2S/c1-4-5-13-10-16-15-9(20-10)8(18)12-6-7-14-11(19)17(2)3/h4-7H2,1-3H3,(H,12,18)(H,13,16)(H,14,19). The quantitative estimate of drug-likeness (QED) is 0.632. The van der Waals surface area contributed by atoms with Gasteiger partial charge in [0.2, 0.25) is 10.1 Å². The summed E-state index contributed by atoms with van der Waals surface area (Å²) in [7, 11) is 3.31. The predicted molar refractivity (Wildman–Crippen MR) is 78.1 cm³/mol. The molecule has 0 saturated heterocycles. The van der Waals surface area contributed by atoms with Crippen molar-refractivity contribution in [3.8, 4) is 0 Å². The Morgan fingerprint density at radius 2 is 1.85 bits per heavy atom. The molecule has 3 N–H and O–H groups in total. The van der Waals surface area contributed by atoms with Crippen LogP contribution in [-0.4, -0.2) is 60.8 Å². The van der Waals surface area contributed by atoms with E-state index in [1.165, 1.54) is 16.2 Å². The molecule has 0 aromatic carbocycles. The van der Waals surface area contributed by atoms with Gasteiger partial charge in [-0.15, -0.1) is 10.2 Å². The van der Waals surface area contributed by atoms with E-state index in [4.69, 9.17) is 0 Å². The van der Waals surface area contributed by atoms with Gasteiger partial charge in [-0.2, -0.15) is 0 Å². The lowest BCUT2D eigenvalue weighted by molar-refractivity contribution is 0.0952. The Labute approximate surface area is 121 Å². The third-order valence-corrected chi connectivity index (χ3v) is 3.12. The first-order valence-corrected chi connectivity index (χ1v) is 7.17. The van der Waals surface area contributed by atoms with E-state index in [0.717, 1.165) is 13.0 Å². The molecule has 0 bridgehead atoms. The number of nitrogens with one attached hydrogen (secondary N) is 3. The second-order valence-electron chi connectivity index (χ2n) is 4.22. The maximum absolute atomic E-state index is 11.8. The van der Waals surface area contributed by atoms with Crippen molar-refractivity contribution in [2.45, 2.75) is 13.3 Å². The topological polar surface area (TPSA) is 99.2 Å². The van der Waals surface area contributed by atoms with E-state index in [9.17, 15) is 9.59 Å². The zero-order chi connectivity index (χ0) is 15.0. The molecule has 1 aromatic rings. The molecule has 0 fully saturated rings. The Balaban J connectivity index is 2.28. The monoisotopic (exact) mass is 300 g/mol. The molecule has 0 spiro atoms. The summed E-state index contributed by atoms with van der Waals surface area (Å²) in [4.78, 5) is 24.4. The molecule has 0 aliphatic heterocycles. The van der Waals surface area contributed by atoms with Gasteiger partial charge in [-0.05, 0) is 6.42 Å². The summed E-state index contributed by atoms with van der Waals surface area (Å²) in [5.41, 5.74) is 0. The van der Waals surface area contributed by atoms with Gasteiger partial charge in [0.1, 0.15) is 0 Å². The number of nitrogens with zero attached hydrogens (tertiary/aromatic N) is 3. The largest absolute Gasteiger partial charge is 0.360 e. The molecule has 20 heavy (non-hydrogen) atoms. The predicted octanol–water partition coefficient (Wildman–Crippen LogP) is 0.361. The van der Waals surface area contributed by atoms with Crippen LogP contribution in [0.2, 0.25) is 0 Å². The van der Waals surface area contributed by atoms with Crippen LogP contribution in [0.4, 0.5) is 9.93 Å². The van der Waals surface area contributed by atoms with Crippen molar-refractivity contribution in [1.82, 2.24) is 25.7 Å². The highest BCUT2D eigenvalue weighted by Gasteiger charge is 2.12. The highest BCUT2D eigenvalue weighted by molar-refractivity contribution is 7.17. The lowest BCUT2D eigenvalue weighted by Gasteiger charge is -2.11. The smallest absolute Gasteiger partial charge is 0.316 e. The molecule has 3 amide bonds. The number of aromatic nitrogens is 2. The second-order valence-corrected chi connectivity index (χ2v) is 5.20. The molecular weight excluding hydrogens is 280 g/mol. The van der Waals surface area contributed by atoms with Gasteiger partial charge in [0.25, 0.3) is 5.91 Å². The Morgan fingerprint density at radius 1 is 1.15 bits per heavy atom. The van der Waals surface area contributed by atoms with E-state index in [-0.39, 0.29) is 11.9 Å². The van der Waals surface area contributed by atoms with Crippen LogP contribution < -0.4 is 16.0 Å². The van der Waals surface area contributed by atoms with E-state index in [1.807, 2.05) is 6.92 Å². The third-order valence-electron chi connectivity index (χ3n) is 2.24. The minimum atomic E-state index is -0.286. The minimum Gasteiger partial charge on any atom is -0.360 e. The normalized spacial score (nSPS) is 9.95. The average molecular weight is 300 g/mol. The molecule has 0 aliphatic rings. The number of carbonyl (C=O) groups excluding carboxylic acids is 2. The third kappa shape index (κ3) is 5.39. The van der Waals surface area contributed by atoms with E-state index in [2.05, 4.69) is 26.1 Å². The number of rotatable bonds is 7. The first kappa shape index (κ1) is 16.2. The van der Waals surface area contributed by atoms with Crippen molar-refractivity contribution in [2.75, 3.05) is 39.0 Å². The highest BCUT2D eigenvalue weighted by Crippen LogP contribution is 2.14. The first-order chi connectivity index (χ1) is 9.54. The van der Waals surface area contributed by atoms with Gasteiger partial charge in [-0.3, -0.25) is 4.79 Å². The van der Waals surface area contributed by atoms with Crippen molar-refractivity contribution >= 4 is 28.4 Å². The van der Waals surface area contributed by atoms with Crippen molar-refractivity contribution in [3.63, 3.8) is 0 Å². The van der Waals surface area contributed by atoms with Gasteiger partial charge in [0, 0.05) is 33.7 Å². The summed E-state index contributed by atoms with van der Waals surface area (Å²) in [6, 6.07) is -0.193. The molecule has 0 unspecified atom stereocenters. The molecule has 1 rings (SSSR count). The van der Waals surface area contributed by atoms with Crippen LogP contribution in [0.3, 0.4) is 0 Å². The second kappa shape index (κ2) is 8.31. The van der Waals surface area contributed by atoms with Gasteiger partial charge in [-0.25, -0.2) is 4.79 Å². The summed E-state index contributed by atoms with van der Waals surface area (Å²) in [6.07, 6.45) is 0.979. The minimum absolute atomic E-state index is 0.193. The lowest BCUT2D eigenvalue weighted by atomic mass is 10.5. The van der Waals surface area contributed by atoms with Gasteiger partial charge < -0.3 is 20.9 Å². The Morgan fingerprint density at radius 3 is 2.50 bits per heavy atom. The van der Waals surface area contributed by atoms with E-state index >= 15 is 0 Å². The molecule has 112 valence electrons. The fraction of sp³-hybridized carbons (Fsp3) is 0.636. The van der Waals surface area contributed by atoms with Gasteiger partial charge in [0.05, 0.1) is 0 Å². The molecule has 0 saturated carbocycles. The van der Waals surface area contributed by atoms with Crippen molar-refractivity contribution in [1.29, 1.82) is 0 Å². The average Bonchev–Trinajstić information content (AvgIpc) is 2.89. The SMILES string of the molecule is CCCNc1nnc(C(=O)NCCNC(=O)N(C)C)s1. The molecule has 0 radical (unpaired) electrons. The molecule has 9 heteroatoms. The van der Waals surface area contributed by atoms with Gasteiger partial charge >= 0.3 is 6.03 Å². The van der Waals surface area contributed by atoms with Crippen LogP contribution in [0.5, 0.6) is 0 Å². The van der Waals surface area contributed by atoms with Crippen LogP contribution in [0.25, 0.3) is 0 Å². The summed E-state index contributed by atoms with van der Waals surface area (Å²) in [5.74, 6) is -0.286. The van der Waals surface area contributed by atoms with Gasteiger partial charge in [-0.1, -0.05) is 18.3 Å². The number of amides is 3. The fourth-order valence-electron chi connectivity index (χ4n) is 1.20. The molecule has 8 nitrogen and oxygen atoms in total. The first-order valence-electron chi connectivity index (χ1n) is 6.35. The molecule has 0 atom stereocenters. The lowest BCUT2D eigenvalue weighted by Crippen LogP contribution is -2.39. The highest BCUT2D eigenvalue weighted by atomic mass is 32.1. The Bertz CT molecular complexity index is 448. The van der Waals surface area contributed by atoms with Crippen LogP contribution >= 0.6 is 11.3 Å². The number of anilines is 1. The van der Waals surface area contributed by atoms with Crippen LogP contribution in [-0.2, 0) is 0 Å². The van der Waals surface area contributed by atoms with Crippen LogP contribution in [0.15, 0.2) is 0 Å². The number of carbonyl (C=O) groups is 2. The summed E-state index contributed by atoms with van der Waals surface area (Å²) >= 11 is 1.21.